The van der Waals surface area contributed by atoms with Crippen molar-refractivity contribution in [2.45, 2.75) is 75.5 Å². The lowest BCUT2D eigenvalue weighted by molar-refractivity contribution is 0.0369. The van der Waals surface area contributed by atoms with Gasteiger partial charge in [-0.15, -0.1) is 0 Å². The van der Waals surface area contributed by atoms with E-state index < -0.39 is 10.0 Å². The van der Waals surface area contributed by atoms with Crippen molar-refractivity contribution in [3.63, 3.8) is 0 Å². The van der Waals surface area contributed by atoms with E-state index in [1.807, 2.05) is 0 Å². The van der Waals surface area contributed by atoms with Crippen LogP contribution in [0.2, 0.25) is 0 Å². The highest BCUT2D eigenvalue weighted by Gasteiger charge is 2.30. The molecule has 1 aromatic rings. The predicted molar refractivity (Wildman–Crippen MR) is 134 cm³/mol. The van der Waals surface area contributed by atoms with E-state index in [1.54, 1.807) is 24.5 Å². The highest BCUT2D eigenvalue weighted by atomic mass is 32.2. The van der Waals surface area contributed by atoms with Crippen LogP contribution in [0.5, 0.6) is 0 Å². The molecule has 2 amide bonds. The zero-order valence-electron chi connectivity index (χ0n) is 20.2. The number of sulfonamides is 1. The number of nitrogens with one attached hydrogen (secondary N) is 3. The SMILES string of the molecule is O=C(NCCCCCC(CCCN1CCOCC1)NS(=O)(=O)C1CCCC1)Nc1ccncc1. The van der Waals surface area contributed by atoms with Gasteiger partial charge in [-0.2, -0.15) is 0 Å². The fraction of sp³-hybridized carbons (Fsp3) is 0.750. The quantitative estimate of drug-likeness (QED) is 0.342. The molecule has 1 saturated heterocycles. The number of rotatable bonds is 14. The summed E-state index contributed by atoms with van der Waals surface area (Å²) in [5.74, 6) is 0. The van der Waals surface area contributed by atoms with E-state index in [2.05, 4.69) is 25.2 Å². The molecule has 1 aromatic heterocycles. The summed E-state index contributed by atoms with van der Waals surface area (Å²) in [5, 5.41) is 5.42. The molecule has 34 heavy (non-hydrogen) atoms. The lowest BCUT2D eigenvalue weighted by Gasteiger charge is -2.27. The topological polar surface area (TPSA) is 113 Å². The van der Waals surface area contributed by atoms with Gasteiger partial charge in [0.1, 0.15) is 0 Å². The summed E-state index contributed by atoms with van der Waals surface area (Å²) in [4.78, 5) is 18.3. The Morgan fingerprint density at radius 1 is 1.06 bits per heavy atom. The second-order valence-corrected chi connectivity index (χ2v) is 11.3. The second-order valence-electron chi connectivity index (χ2n) is 9.33. The van der Waals surface area contributed by atoms with E-state index in [4.69, 9.17) is 4.74 Å². The molecule has 9 nitrogen and oxygen atoms in total. The van der Waals surface area contributed by atoms with Gasteiger partial charge in [-0.05, 0) is 57.2 Å². The van der Waals surface area contributed by atoms with Crippen molar-refractivity contribution in [3.8, 4) is 0 Å². The molecular formula is C24H41N5O4S. The normalized spacial score (nSPS) is 18.6. The minimum Gasteiger partial charge on any atom is -0.379 e. The second kappa shape index (κ2) is 14.6. The molecule has 1 atom stereocenters. The molecule has 0 aromatic carbocycles. The molecule has 2 heterocycles. The molecule has 1 saturated carbocycles. The fourth-order valence-corrected chi connectivity index (χ4v) is 6.53. The van der Waals surface area contributed by atoms with Gasteiger partial charge >= 0.3 is 6.03 Å². The molecule has 0 spiro atoms. The molecule has 1 aliphatic heterocycles. The largest absolute Gasteiger partial charge is 0.379 e. The maximum atomic E-state index is 12.9. The smallest absolute Gasteiger partial charge is 0.319 e. The number of hydrogen-bond donors (Lipinski definition) is 3. The van der Waals surface area contributed by atoms with Crippen molar-refractivity contribution in [2.24, 2.45) is 0 Å². The number of pyridine rings is 1. The number of urea groups is 1. The van der Waals surface area contributed by atoms with Crippen LogP contribution in [0, 0.1) is 0 Å². The van der Waals surface area contributed by atoms with Crippen LogP contribution < -0.4 is 15.4 Å². The molecule has 3 N–H and O–H groups in total. The van der Waals surface area contributed by atoms with Gasteiger partial charge in [-0.1, -0.05) is 25.7 Å². The summed E-state index contributed by atoms with van der Waals surface area (Å²) >= 11 is 0. The van der Waals surface area contributed by atoms with E-state index in [0.29, 0.717) is 12.2 Å². The van der Waals surface area contributed by atoms with Gasteiger partial charge in [0, 0.05) is 43.8 Å². The van der Waals surface area contributed by atoms with Crippen molar-refractivity contribution >= 4 is 21.7 Å². The number of aromatic nitrogens is 1. The molecule has 192 valence electrons. The minimum atomic E-state index is -3.26. The van der Waals surface area contributed by atoms with Crippen molar-refractivity contribution in [1.29, 1.82) is 0 Å². The zero-order chi connectivity index (χ0) is 24.1. The lowest BCUT2D eigenvalue weighted by Crippen LogP contribution is -2.41. The van der Waals surface area contributed by atoms with E-state index in [1.165, 1.54) is 0 Å². The summed E-state index contributed by atoms with van der Waals surface area (Å²) in [7, 11) is -3.26. The molecule has 10 heteroatoms. The lowest BCUT2D eigenvalue weighted by atomic mass is 10.0. The number of hydrogen-bond acceptors (Lipinski definition) is 6. The van der Waals surface area contributed by atoms with Crippen LogP contribution in [0.4, 0.5) is 10.5 Å². The van der Waals surface area contributed by atoms with E-state index >= 15 is 0 Å². The van der Waals surface area contributed by atoms with Crippen LogP contribution in [0.3, 0.4) is 0 Å². The number of morpholine rings is 1. The number of carbonyl (C=O) groups is 1. The van der Waals surface area contributed by atoms with Crippen molar-refractivity contribution in [2.75, 3.05) is 44.7 Å². The first kappa shape index (κ1) is 26.8. The highest BCUT2D eigenvalue weighted by molar-refractivity contribution is 7.90. The van der Waals surface area contributed by atoms with Crippen LogP contribution in [0.1, 0.15) is 64.2 Å². The van der Waals surface area contributed by atoms with Gasteiger partial charge < -0.3 is 15.4 Å². The maximum Gasteiger partial charge on any atom is 0.319 e. The first-order chi connectivity index (χ1) is 16.5. The third-order valence-electron chi connectivity index (χ3n) is 6.66. The summed E-state index contributed by atoms with van der Waals surface area (Å²) in [6.45, 7) is 5.06. The molecule has 2 fully saturated rings. The van der Waals surface area contributed by atoms with E-state index in [-0.39, 0.29) is 17.3 Å². The summed E-state index contributed by atoms with van der Waals surface area (Å²) < 4.78 is 34.2. The number of nitrogens with zero attached hydrogens (tertiary/aromatic N) is 2. The van der Waals surface area contributed by atoms with E-state index in [9.17, 15) is 13.2 Å². The Morgan fingerprint density at radius 3 is 2.50 bits per heavy atom. The average molecular weight is 496 g/mol. The van der Waals surface area contributed by atoms with Crippen molar-refractivity contribution in [1.82, 2.24) is 19.9 Å². The average Bonchev–Trinajstić information content (AvgIpc) is 3.38. The van der Waals surface area contributed by atoms with Gasteiger partial charge in [-0.3, -0.25) is 9.88 Å². The number of carbonyl (C=O) groups excluding carboxylic acids is 1. The number of anilines is 1. The summed E-state index contributed by atoms with van der Waals surface area (Å²) in [6.07, 6.45) is 12.3. The van der Waals surface area contributed by atoms with Crippen LogP contribution >= 0.6 is 0 Å². The Kier molecular flexibility index (Phi) is 11.5. The molecule has 1 unspecified atom stereocenters. The first-order valence-electron chi connectivity index (χ1n) is 12.8. The van der Waals surface area contributed by atoms with Crippen LogP contribution in [0.25, 0.3) is 0 Å². The Bertz CT molecular complexity index is 812. The monoisotopic (exact) mass is 495 g/mol. The first-order valence-corrected chi connectivity index (χ1v) is 14.3. The fourth-order valence-electron chi connectivity index (χ4n) is 4.68. The standard InChI is InChI=1S/C24H41N5O4S/c30-24(27-21-11-14-25-15-12-21)26-13-5-1-2-7-22(8-6-16-29-17-19-33-20-18-29)28-34(31,32)23-9-3-4-10-23/h11-12,14-15,22-23,28H,1-10,13,16-20H2,(H2,25,26,27,30). The molecule has 0 bridgehead atoms. The maximum absolute atomic E-state index is 12.9. The molecule has 0 radical (unpaired) electrons. The Labute approximate surface area is 204 Å². The Hall–Kier alpha value is -1.75. The third kappa shape index (κ3) is 9.85. The van der Waals surface area contributed by atoms with Gasteiger partial charge in [0.05, 0.1) is 18.5 Å². The summed E-state index contributed by atoms with van der Waals surface area (Å²) in [6, 6.07) is 3.24. The van der Waals surface area contributed by atoms with Crippen LogP contribution in [-0.2, 0) is 14.8 Å². The zero-order valence-corrected chi connectivity index (χ0v) is 21.0. The molecule has 3 rings (SSSR count). The van der Waals surface area contributed by atoms with Gasteiger partial charge in [-0.25, -0.2) is 17.9 Å². The van der Waals surface area contributed by atoms with Crippen molar-refractivity contribution < 1.29 is 17.9 Å². The van der Waals surface area contributed by atoms with Gasteiger partial charge in [0.2, 0.25) is 10.0 Å². The number of ether oxygens (including phenoxy) is 1. The Balaban J connectivity index is 1.36. The van der Waals surface area contributed by atoms with Gasteiger partial charge in [0.15, 0.2) is 0 Å². The van der Waals surface area contributed by atoms with Crippen LogP contribution in [-0.4, -0.2) is 75.0 Å². The molecule has 2 aliphatic rings. The molecule has 1 aliphatic carbocycles. The molecular weight excluding hydrogens is 454 g/mol. The number of amides is 2. The van der Waals surface area contributed by atoms with Crippen molar-refractivity contribution in [3.05, 3.63) is 24.5 Å². The Morgan fingerprint density at radius 2 is 1.76 bits per heavy atom. The third-order valence-corrected chi connectivity index (χ3v) is 8.67. The van der Waals surface area contributed by atoms with Crippen LogP contribution in [0.15, 0.2) is 24.5 Å². The predicted octanol–water partition coefficient (Wildman–Crippen LogP) is 3.11. The number of unbranched alkanes of at least 4 members (excludes halogenated alkanes) is 2. The summed E-state index contributed by atoms with van der Waals surface area (Å²) in [5.41, 5.74) is 0.710. The minimum absolute atomic E-state index is 0.0189. The van der Waals surface area contributed by atoms with E-state index in [0.717, 1.165) is 97.1 Å². The van der Waals surface area contributed by atoms with Gasteiger partial charge in [0.25, 0.3) is 0 Å². The highest BCUT2D eigenvalue weighted by Crippen LogP contribution is 2.25.